The lowest BCUT2D eigenvalue weighted by molar-refractivity contribution is 0.264. The van der Waals surface area contributed by atoms with E-state index < -0.39 is 0 Å². The SMILES string of the molecule is Cl.NC1CC(n2c(=O)n(C3CC3)c3cccnc32)C1. The van der Waals surface area contributed by atoms with E-state index in [2.05, 4.69) is 4.98 Å². The molecule has 2 heterocycles. The molecule has 0 unspecified atom stereocenters. The second kappa shape index (κ2) is 4.35. The van der Waals surface area contributed by atoms with Crippen molar-refractivity contribution in [3.05, 3.63) is 28.8 Å². The summed E-state index contributed by atoms with van der Waals surface area (Å²) in [6.07, 6.45) is 5.75. The Labute approximate surface area is 116 Å². The Morgan fingerprint density at radius 3 is 2.58 bits per heavy atom. The van der Waals surface area contributed by atoms with Crippen LogP contribution in [0.25, 0.3) is 11.2 Å². The number of aromatic nitrogens is 3. The predicted octanol–water partition coefficient (Wildman–Crippen LogP) is 1.62. The van der Waals surface area contributed by atoms with Crippen molar-refractivity contribution in [1.82, 2.24) is 14.1 Å². The van der Waals surface area contributed by atoms with Gasteiger partial charge in [0.1, 0.15) is 0 Å². The minimum Gasteiger partial charge on any atom is -0.328 e. The van der Waals surface area contributed by atoms with Gasteiger partial charge in [-0.05, 0) is 37.8 Å². The third kappa shape index (κ3) is 1.80. The van der Waals surface area contributed by atoms with Crippen molar-refractivity contribution in [3.63, 3.8) is 0 Å². The Hall–Kier alpha value is -1.33. The van der Waals surface area contributed by atoms with Gasteiger partial charge in [-0.25, -0.2) is 9.78 Å². The Kier molecular flexibility index (Phi) is 2.91. The summed E-state index contributed by atoms with van der Waals surface area (Å²) >= 11 is 0. The summed E-state index contributed by atoms with van der Waals surface area (Å²) in [6.45, 7) is 0. The van der Waals surface area contributed by atoms with E-state index in [0.717, 1.165) is 36.8 Å². The van der Waals surface area contributed by atoms with E-state index in [4.69, 9.17) is 5.73 Å². The van der Waals surface area contributed by atoms with Gasteiger partial charge in [0.05, 0.1) is 5.52 Å². The zero-order valence-electron chi connectivity index (χ0n) is 10.5. The van der Waals surface area contributed by atoms with E-state index in [0.29, 0.717) is 6.04 Å². The Morgan fingerprint density at radius 2 is 1.95 bits per heavy atom. The number of halogens is 1. The molecule has 0 saturated heterocycles. The van der Waals surface area contributed by atoms with Crippen LogP contribution in [-0.2, 0) is 0 Å². The number of imidazole rings is 1. The molecular formula is C13H17ClN4O. The maximum Gasteiger partial charge on any atom is 0.330 e. The van der Waals surface area contributed by atoms with Crippen LogP contribution in [0.5, 0.6) is 0 Å². The van der Waals surface area contributed by atoms with E-state index in [9.17, 15) is 4.79 Å². The Bertz CT molecular complexity index is 667. The molecule has 2 N–H and O–H groups in total. The largest absolute Gasteiger partial charge is 0.330 e. The molecule has 102 valence electrons. The summed E-state index contributed by atoms with van der Waals surface area (Å²) in [6, 6.07) is 4.77. The van der Waals surface area contributed by atoms with Gasteiger partial charge >= 0.3 is 5.69 Å². The van der Waals surface area contributed by atoms with E-state index in [1.807, 2.05) is 21.3 Å². The van der Waals surface area contributed by atoms with Crippen LogP contribution in [-0.4, -0.2) is 20.2 Å². The molecule has 0 bridgehead atoms. The summed E-state index contributed by atoms with van der Waals surface area (Å²) in [5.41, 5.74) is 7.74. The highest BCUT2D eigenvalue weighted by Gasteiger charge is 2.34. The average Bonchev–Trinajstić information content (AvgIpc) is 3.10. The van der Waals surface area contributed by atoms with Crippen LogP contribution in [0.3, 0.4) is 0 Å². The lowest BCUT2D eigenvalue weighted by Gasteiger charge is -2.32. The third-order valence-corrected chi connectivity index (χ3v) is 4.09. The smallest absolute Gasteiger partial charge is 0.328 e. The molecule has 2 aliphatic rings. The zero-order valence-corrected chi connectivity index (χ0v) is 11.3. The van der Waals surface area contributed by atoms with Crippen LogP contribution < -0.4 is 11.4 Å². The fourth-order valence-electron chi connectivity index (χ4n) is 2.93. The molecule has 0 atom stereocenters. The minimum absolute atomic E-state index is 0. The monoisotopic (exact) mass is 280 g/mol. The molecule has 2 aliphatic carbocycles. The number of nitrogens with zero attached hydrogens (tertiary/aromatic N) is 3. The molecule has 0 amide bonds. The quantitative estimate of drug-likeness (QED) is 0.909. The fraction of sp³-hybridized carbons (Fsp3) is 0.538. The number of fused-ring (bicyclic) bond motifs is 1. The van der Waals surface area contributed by atoms with Gasteiger partial charge in [-0.3, -0.25) is 9.13 Å². The Morgan fingerprint density at radius 1 is 1.21 bits per heavy atom. The number of pyridine rings is 1. The highest BCUT2D eigenvalue weighted by Crippen LogP contribution is 2.38. The van der Waals surface area contributed by atoms with E-state index in [1.54, 1.807) is 6.20 Å². The van der Waals surface area contributed by atoms with Crippen molar-refractivity contribution in [1.29, 1.82) is 0 Å². The van der Waals surface area contributed by atoms with Gasteiger partial charge in [-0.2, -0.15) is 0 Å². The first-order chi connectivity index (χ1) is 8.75. The standard InChI is InChI=1S/C13H16N4O.ClH/c14-8-6-10(7-8)17-12-11(2-1-5-15-12)16(13(17)18)9-3-4-9;/h1-2,5,8-10H,3-4,6-7,14H2;1H. The molecular weight excluding hydrogens is 264 g/mol. The van der Waals surface area contributed by atoms with Crippen molar-refractivity contribution in [2.75, 3.05) is 0 Å². The van der Waals surface area contributed by atoms with Gasteiger partial charge in [-0.15, -0.1) is 12.4 Å². The third-order valence-electron chi connectivity index (χ3n) is 4.09. The highest BCUT2D eigenvalue weighted by atomic mass is 35.5. The van der Waals surface area contributed by atoms with E-state index in [1.165, 1.54) is 0 Å². The molecule has 2 aromatic rings. The van der Waals surface area contributed by atoms with Crippen LogP contribution in [0, 0.1) is 0 Å². The normalized spacial score (nSPS) is 25.9. The molecule has 0 radical (unpaired) electrons. The topological polar surface area (TPSA) is 65.8 Å². The number of hydrogen-bond donors (Lipinski definition) is 1. The maximum atomic E-state index is 12.6. The fourth-order valence-corrected chi connectivity index (χ4v) is 2.93. The second-order valence-electron chi connectivity index (χ2n) is 5.49. The summed E-state index contributed by atoms with van der Waals surface area (Å²) < 4.78 is 3.78. The molecule has 0 aliphatic heterocycles. The van der Waals surface area contributed by atoms with Gasteiger partial charge in [0, 0.05) is 24.3 Å². The van der Waals surface area contributed by atoms with Gasteiger partial charge in [0.25, 0.3) is 0 Å². The second-order valence-corrected chi connectivity index (χ2v) is 5.49. The first-order valence-corrected chi connectivity index (χ1v) is 6.58. The van der Waals surface area contributed by atoms with Gasteiger partial charge in [0.2, 0.25) is 0 Å². The van der Waals surface area contributed by atoms with Gasteiger partial charge in [-0.1, -0.05) is 0 Å². The van der Waals surface area contributed by atoms with Crippen LogP contribution in [0.4, 0.5) is 0 Å². The van der Waals surface area contributed by atoms with Crippen LogP contribution in [0.2, 0.25) is 0 Å². The number of nitrogens with two attached hydrogens (primary N) is 1. The minimum atomic E-state index is 0. The highest BCUT2D eigenvalue weighted by molar-refractivity contribution is 5.85. The van der Waals surface area contributed by atoms with Crippen LogP contribution in [0.1, 0.15) is 37.8 Å². The lowest BCUT2D eigenvalue weighted by Crippen LogP contribution is -2.41. The molecule has 6 heteroatoms. The average molecular weight is 281 g/mol. The molecule has 2 fully saturated rings. The summed E-state index contributed by atoms with van der Waals surface area (Å²) in [4.78, 5) is 17.0. The molecule has 5 nitrogen and oxygen atoms in total. The van der Waals surface area contributed by atoms with Crippen molar-refractivity contribution in [2.45, 2.75) is 43.8 Å². The molecule has 0 aromatic carbocycles. The van der Waals surface area contributed by atoms with Gasteiger partial charge < -0.3 is 5.73 Å². The zero-order chi connectivity index (χ0) is 12.3. The van der Waals surface area contributed by atoms with Gasteiger partial charge in [0.15, 0.2) is 5.65 Å². The molecule has 19 heavy (non-hydrogen) atoms. The Balaban J connectivity index is 0.00000110. The van der Waals surface area contributed by atoms with E-state index >= 15 is 0 Å². The van der Waals surface area contributed by atoms with Crippen molar-refractivity contribution in [2.24, 2.45) is 5.73 Å². The number of rotatable bonds is 2. The molecule has 4 rings (SSSR count). The lowest BCUT2D eigenvalue weighted by atomic mass is 9.87. The van der Waals surface area contributed by atoms with Crippen LogP contribution >= 0.6 is 12.4 Å². The van der Waals surface area contributed by atoms with Crippen molar-refractivity contribution in [3.8, 4) is 0 Å². The molecule has 2 saturated carbocycles. The molecule has 0 spiro atoms. The van der Waals surface area contributed by atoms with Crippen molar-refractivity contribution < 1.29 is 0 Å². The van der Waals surface area contributed by atoms with E-state index in [-0.39, 0.29) is 30.2 Å². The predicted molar refractivity (Wildman–Crippen MR) is 75.8 cm³/mol. The summed E-state index contributed by atoms with van der Waals surface area (Å²) in [7, 11) is 0. The molecule has 2 aromatic heterocycles. The van der Waals surface area contributed by atoms with Crippen LogP contribution in [0.15, 0.2) is 23.1 Å². The number of hydrogen-bond acceptors (Lipinski definition) is 3. The first kappa shape index (κ1) is 12.7. The summed E-state index contributed by atoms with van der Waals surface area (Å²) in [5, 5.41) is 0. The first-order valence-electron chi connectivity index (χ1n) is 6.58. The van der Waals surface area contributed by atoms with Crippen molar-refractivity contribution >= 4 is 23.6 Å². The maximum absolute atomic E-state index is 12.6. The summed E-state index contributed by atoms with van der Waals surface area (Å²) in [5.74, 6) is 0.